The maximum atomic E-state index is 12.7. The van der Waals surface area contributed by atoms with E-state index in [1.54, 1.807) is 16.7 Å². The van der Waals surface area contributed by atoms with E-state index in [-0.39, 0.29) is 29.8 Å². The van der Waals surface area contributed by atoms with Gasteiger partial charge in [0.25, 0.3) is 5.91 Å². The van der Waals surface area contributed by atoms with Crippen molar-refractivity contribution in [2.75, 3.05) is 11.9 Å². The molecule has 3 rings (SSSR count). The van der Waals surface area contributed by atoms with Gasteiger partial charge >= 0.3 is 6.18 Å². The number of nitrogens with one attached hydrogen (secondary N) is 1. The third-order valence-electron chi connectivity index (χ3n) is 4.27. The molecule has 6 nitrogen and oxygen atoms in total. The molecule has 0 atom stereocenters. The Bertz CT molecular complexity index is 1070. The molecule has 29 heavy (non-hydrogen) atoms. The van der Waals surface area contributed by atoms with E-state index in [9.17, 15) is 23.1 Å². The number of fused-ring (bicyclic) bond motifs is 1. The number of aromatic hydroxyl groups is 1. The van der Waals surface area contributed by atoms with Crippen molar-refractivity contribution in [1.29, 1.82) is 0 Å². The summed E-state index contributed by atoms with van der Waals surface area (Å²) in [4.78, 5) is 12.0. The first-order valence-corrected chi connectivity index (χ1v) is 8.86. The molecule has 1 heterocycles. The fraction of sp³-hybridized carbons (Fsp3) is 0.250. The van der Waals surface area contributed by atoms with E-state index in [4.69, 9.17) is 0 Å². The normalized spacial score (nSPS) is 12.2. The van der Waals surface area contributed by atoms with E-state index >= 15 is 0 Å². The summed E-state index contributed by atoms with van der Waals surface area (Å²) in [6, 6.07) is 11.7. The molecule has 0 saturated carbocycles. The molecule has 0 bridgehead atoms. The van der Waals surface area contributed by atoms with E-state index < -0.39 is 17.6 Å². The summed E-state index contributed by atoms with van der Waals surface area (Å²) in [5.41, 5.74) is 0.246. The first-order valence-electron chi connectivity index (χ1n) is 8.86. The minimum atomic E-state index is -4.47. The summed E-state index contributed by atoms with van der Waals surface area (Å²) >= 11 is 0. The van der Waals surface area contributed by atoms with Crippen molar-refractivity contribution in [3.05, 3.63) is 54.1 Å². The van der Waals surface area contributed by atoms with E-state index in [1.165, 1.54) is 12.1 Å². The largest absolute Gasteiger partial charge is 0.493 e. The number of hydrogen-bond acceptors (Lipinski definition) is 4. The molecule has 2 aromatic carbocycles. The van der Waals surface area contributed by atoms with Gasteiger partial charge in [-0.05, 0) is 38.1 Å². The summed E-state index contributed by atoms with van der Waals surface area (Å²) < 4.78 is 39.9. The first-order chi connectivity index (χ1) is 13.7. The highest BCUT2D eigenvalue weighted by molar-refractivity contribution is 5.95. The quantitative estimate of drug-likeness (QED) is 0.538. The molecule has 1 aromatic heterocycles. The second kappa shape index (κ2) is 7.94. The van der Waals surface area contributed by atoms with Gasteiger partial charge in [0.2, 0.25) is 5.88 Å². The third-order valence-corrected chi connectivity index (χ3v) is 4.27. The average Bonchev–Trinajstić information content (AvgIpc) is 2.95. The van der Waals surface area contributed by atoms with E-state index in [1.807, 2.05) is 26.0 Å². The summed E-state index contributed by atoms with van der Waals surface area (Å²) in [5, 5.41) is 21.2. The number of halogens is 3. The number of hydrogen-bond donors (Lipinski definition) is 2. The lowest BCUT2D eigenvalue weighted by atomic mass is 10.2. The van der Waals surface area contributed by atoms with Crippen molar-refractivity contribution in [2.45, 2.75) is 26.1 Å². The second-order valence-electron chi connectivity index (χ2n) is 6.68. The first kappa shape index (κ1) is 20.4. The van der Waals surface area contributed by atoms with Crippen molar-refractivity contribution in [2.24, 2.45) is 10.2 Å². The molecule has 0 unspecified atom stereocenters. The van der Waals surface area contributed by atoms with Crippen LogP contribution in [-0.2, 0) is 11.0 Å². The molecule has 0 saturated heterocycles. The standard InChI is InChI=1S/C20H19F3N4O2/c1-12(2)27-16-9-4-3-8-15(16)18(19(27)29)26-25-17(28)11-24-14-7-5-6-13(10-14)20(21,22)23/h3-10,12,24,29H,11H2,1-2H3. The molecule has 2 N–H and O–H groups in total. The van der Waals surface area contributed by atoms with Crippen LogP contribution in [0.1, 0.15) is 25.5 Å². The maximum Gasteiger partial charge on any atom is 0.416 e. The van der Waals surface area contributed by atoms with Crippen molar-refractivity contribution < 1.29 is 23.1 Å². The Morgan fingerprint density at radius 1 is 1.17 bits per heavy atom. The molecule has 0 radical (unpaired) electrons. The topological polar surface area (TPSA) is 79.0 Å². The number of anilines is 1. The van der Waals surface area contributed by atoms with Gasteiger partial charge in [-0.15, -0.1) is 10.2 Å². The zero-order chi connectivity index (χ0) is 21.2. The van der Waals surface area contributed by atoms with Crippen LogP contribution < -0.4 is 5.32 Å². The molecular weight excluding hydrogens is 385 g/mol. The fourth-order valence-electron chi connectivity index (χ4n) is 2.98. The van der Waals surface area contributed by atoms with Gasteiger partial charge in [0, 0.05) is 17.1 Å². The van der Waals surface area contributed by atoms with Crippen molar-refractivity contribution in [3.8, 4) is 5.88 Å². The fourth-order valence-corrected chi connectivity index (χ4v) is 2.98. The molecule has 0 aliphatic rings. The third kappa shape index (κ3) is 4.39. The van der Waals surface area contributed by atoms with Crippen LogP contribution in [0.4, 0.5) is 24.5 Å². The molecule has 0 spiro atoms. The van der Waals surface area contributed by atoms with Crippen molar-refractivity contribution >= 4 is 28.2 Å². The number of carbonyl (C=O) groups excluding carboxylic acids is 1. The van der Waals surface area contributed by atoms with Crippen LogP contribution in [0, 0.1) is 0 Å². The van der Waals surface area contributed by atoms with Crippen LogP contribution in [0.3, 0.4) is 0 Å². The maximum absolute atomic E-state index is 12.7. The predicted octanol–water partition coefficient (Wildman–Crippen LogP) is 5.67. The number of benzene rings is 2. The van der Waals surface area contributed by atoms with Gasteiger partial charge in [0.1, 0.15) is 0 Å². The number of carbonyl (C=O) groups is 1. The number of para-hydroxylation sites is 1. The van der Waals surface area contributed by atoms with Gasteiger partial charge in [-0.25, -0.2) is 0 Å². The molecule has 0 aliphatic carbocycles. The van der Waals surface area contributed by atoms with Gasteiger partial charge in [0.15, 0.2) is 5.69 Å². The van der Waals surface area contributed by atoms with Gasteiger partial charge in [0.05, 0.1) is 17.6 Å². The van der Waals surface area contributed by atoms with Crippen LogP contribution in [0.15, 0.2) is 58.8 Å². The van der Waals surface area contributed by atoms with Crippen LogP contribution in [0.5, 0.6) is 5.88 Å². The number of alkyl halides is 3. The summed E-state index contributed by atoms with van der Waals surface area (Å²) in [5.74, 6) is -0.799. The Hall–Kier alpha value is -3.36. The SMILES string of the molecule is CC(C)n1c(O)c(N=NC(=O)CNc2cccc(C(F)(F)F)c2)c2ccccc21. The molecule has 3 aromatic rings. The van der Waals surface area contributed by atoms with Crippen LogP contribution >= 0.6 is 0 Å². The highest BCUT2D eigenvalue weighted by atomic mass is 19.4. The van der Waals surface area contributed by atoms with E-state index in [0.29, 0.717) is 5.39 Å². The second-order valence-corrected chi connectivity index (χ2v) is 6.68. The average molecular weight is 404 g/mol. The molecule has 0 fully saturated rings. The van der Waals surface area contributed by atoms with E-state index in [2.05, 4.69) is 15.5 Å². The van der Waals surface area contributed by atoms with E-state index in [0.717, 1.165) is 17.6 Å². The Balaban J connectivity index is 1.76. The van der Waals surface area contributed by atoms with Gasteiger partial charge in [-0.2, -0.15) is 13.2 Å². The van der Waals surface area contributed by atoms with Gasteiger partial charge < -0.3 is 15.0 Å². The molecular formula is C20H19F3N4O2. The monoisotopic (exact) mass is 404 g/mol. The lowest BCUT2D eigenvalue weighted by molar-refractivity contribution is -0.137. The zero-order valence-corrected chi connectivity index (χ0v) is 15.7. The summed E-state index contributed by atoms with van der Waals surface area (Å²) in [6.07, 6.45) is -4.47. The number of amides is 1. The summed E-state index contributed by atoms with van der Waals surface area (Å²) in [7, 11) is 0. The zero-order valence-electron chi connectivity index (χ0n) is 15.7. The minimum Gasteiger partial charge on any atom is -0.493 e. The van der Waals surface area contributed by atoms with Gasteiger partial charge in [-0.1, -0.05) is 24.3 Å². The molecule has 152 valence electrons. The Morgan fingerprint density at radius 2 is 1.90 bits per heavy atom. The Kier molecular flexibility index (Phi) is 5.58. The number of aromatic nitrogens is 1. The molecule has 1 amide bonds. The van der Waals surface area contributed by atoms with Crippen LogP contribution in [0.25, 0.3) is 10.9 Å². The Labute approximate surface area is 164 Å². The number of nitrogens with zero attached hydrogens (tertiary/aromatic N) is 3. The summed E-state index contributed by atoms with van der Waals surface area (Å²) in [6.45, 7) is 3.46. The lowest BCUT2D eigenvalue weighted by Crippen LogP contribution is -2.12. The van der Waals surface area contributed by atoms with Crippen molar-refractivity contribution in [3.63, 3.8) is 0 Å². The van der Waals surface area contributed by atoms with Gasteiger partial charge in [-0.3, -0.25) is 4.79 Å². The van der Waals surface area contributed by atoms with Crippen LogP contribution in [0.2, 0.25) is 0 Å². The number of rotatable bonds is 5. The number of azo groups is 1. The molecule has 9 heteroatoms. The Morgan fingerprint density at radius 3 is 2.59 bits per heavy atom. The minimum absolute atomic E-state index is 0.0397. The predicted molar refractivity (Wildman–Crippen MR) is 103 cm³/mol. The highest BCUT2D eigenvalue weighted by Gasteiger charge is 2.30. The van der Waals surface area contributed by atoms with Crippen molar-refractivity contribution in [1.82, 2.24) is 4.57 Å². The molecule has 0 aliphatic heterocycles. The van der Waals surface area contributed by atoms with Crippen LogP contribution in [-0.4, -0.2) is 22.1 Å². The highest BCUT2D eigenvalue weighted by Crippen LogP contribution is 2.40. The lowest BCUT2D eigenvalue weighted by Gasteiger charge is -2.10. The smallest absolute Gasteiger partial charge is 0.416 e.